The zero-order valence-corrected chi connectivity index (χ0v) is 13.3. The molecule has 1 aromatic rings. The lowest BCUT2D eigenvalue weighted by molar-refractivity contribution is 0.399. The second kappa shape index (κ2) is 9.39. The molecule has 0 aliphatic carbocycles. The third-order valence-corrected chi connectivity index (χ3v) is 3.70. The Labute approximate surface area is 123 Å². The summed E-state index contributed by atoms with van der Waals surface area (Å²) in [5, 5.41) is 4.39. The second-order valence-corrected chi connectivity index (χ2v) is 6.31. The van der Waals surface area contributed by atoms with E-state index in [-0.39, 0.29) is 0 Å². The van der Waals surface area contributed by atoms with Gasteiger partial charge in [0, 0.05) is 5.02 Å². The van der Waals surface area contributed by atoms with Gasteiger partial charge in [-0.15, -0.1) is 0 Å². The lowest BCUT2D eigenvalue weighted by Gasteiger charge is -2.19. The van der Waals surface area contributed by atoms with Gasteiger partial charge in [0.1, 0.15) is 0 Å². The van der Waals surface area contributed by atoms with Gasteiger partial charge in [-0.25, -0.2) is 0 Å². The van der Waals surface area contributed by atoms with Crippen LogP contribution in [0.2, 0.25) is 5.02 Å². The minimum Gasteiger partial charge on any atom is -0.316 e. The van der Waals surface area contributed by atoms with Gasteiger partial charge in [-0.3, -0.25) is 0 Å². The van der Waals surface area contributed by atoms with Gasteiger partial charge >= 0.3 is 0 Å². The second-order valence-electron chi connectivity index (χ2n) is 5.87. The Kier molecular flexibility index (Phi) is 8.16. The van der Waals surface area contributed by atoms with Crippen LogP contribution in [0.4, 0.5) is 0 Å². The molecule has 0 spiro atoms. The number of nitrogens with one attached hydrogen (secondary N) is 1. The van der Waals surface area contributed by atoms with Crippen LogP contribution in [0.5, 0.6) is 0 Å². The molecule has 0 radical (unpaired) electrons. The summed E-state index contributed by atoms with van der Waals surface area (Å²) in [5.41, 5.74) is 1.40. The van der Waals surface area contributed by atoms with Gasteiger partial charge < -0.3 is 5.32 Å². The number of rotatable bonds is 9. The van der Waals surface area contributed by atoms with Crippen LogP contribution in [0.15, 0.2) is 24.3 Å². The normalized spacial score (nSPS) is 12.9. The Morgan fingerprint density at radius 1 is 1.11 bits per heavy atom. The molecule has 0 aliphatic heterocycles. The highest BCUT2D eigenvalue weighted by molar-refractivity contribution is 6.30. The van der Waals surface area contributed by atoms with E-state index in [2.05, 4.69) is 38.2 Å². The van der Waals surface area contributed by atoms with Crippen molar-refractivity contribution in [3.63, 3.8) is 0 Å². The van der Waals surface area contributed by atoms with Gasteiger partial charge in [0.2, 0.25) is 0 Å². The molecule has 1 aromatic carbocycles. The fourth-order valence-corrected chi connectivity index (χ4v) is 2.41. The molecule has 19 heavy (non-hydrogen) atoms. The Morgan fingerprint density at radius 3 is 2.37 bits per heavy atom. The summed E-state index contributed by atoms with van der Waals surface area (Å²) in [6.07, 6.45) is 4.97. The molecule has 0 fully saturated rings. The predicted molar refractivity (Wildman–Crippen MR) is 85.9 cm³/mol. The van der Waals surface area contributed by atoms with E-state index in [1.54, 1.807) is 0 Å². The lowest BCUT2D eigenvalue weighted by atomic mass is 9.92. The molecule has 0 amide bonds. The summed E-state index contributed by atoms with van der Waals surface area (Å²) in [4.78, 5) is 0. The largest absolute Gasteiger partial charge is 0.316 e. The number of benzene rings is 1. The monoisotopic (exact) mass is 281 g/mol. The van der Waals surface area contributed by atoms with Crippen molar-refractivity contribution in [1.29, 1.82) is 0 Å². The Balaban J connectivity index is 2.48. The summed E-state index contributed by atoms with van der Waals surface area (Å²) in [6, 6.07) is 8.31. The minimum atomic E-state index is 0.732. The van der Waals surface area contributed by atoms with Gasteiger partial charge in [0.15, 0.2) is 0 Å². The molecule has 1 unspecified atom stereocenters. The predicted octanol–water partition coefficient (Wildman–Crippen LogP) is 4.93. The molecular formula is C17H28ClN. The average molecular weight is 282 g/mol. The first kappa shape index (κ1) is 16.5. The Hall–Kier alpha value is -0.530. The van der Waals surface area contributed by atoms with Gasteiger partial charge in [0.05, 0.1) is 0 Å². The maximum Gasteiger partial charge on any atom is 0.0406 e. The van der Waals surface area contributed by atoms with Gasteiger partial charge in [0.25, 0.3) is 0 Å². The van der Waals surface area contributed by atoms with Crippen molar-refractivity contribution >= 4 is 11.6 Å². The molecule has 0 aromatic heterocycles. The van der Waals surface area contributed by atoms with Gasteiger partial charge in [-0.05, 0) is 61.9 Å². The quantitative estimate of drug-likeness (QED) is 0.633. The first-order valence-electron chi connectivity index (χ1n) is 7.57. The Morgan fingerprint density at radius 2 is 1.79 bits per heavy atom. The zero-order chi connectivity index (χ0) is 14.1. The summed E-state index contributed by atoms with van der Waals surface area (Å²) in [6.45, 7) is 9.08. The number of halogens is 1. The van der Waals surface area contributed by atoms with Crippen LogP contribution in [-0.2, 0) is 6.42 Å². The lowest BCUT2D eigenvalue weighted by Crippen LogP contribution is -2.25. The van der Waals surface area contributed by atoms with E-state index in [9.17, 15) is 0 Å². The van der Waals surface area contributed by atoms with E-state index < -0.39 is 0 Å². The fraction of sp³-hybridized carbons (Fsp3) is 0.647. The molecule has 0 aliphatic rings. The van der Waals surface area contributed by atoms with E-state index in [1.807, 2.05) is 12.1 Å². The van der Waals surface area contributed by atoms with E-state index in [0.29, 0.717) is 0 Å². The average Bonchev–Trinajstić information content (AvgIpc) is 2.38. The Bertz CT molecular complexity index is 332. The van der Waals surface area contributed by atoms with Crippen LogP contribution >= 0.6 is 11.6 Å². The van der Waals surface area contributed by atoms with Crippen molar-refractivity contribution in [1.82, 2.24) is 5.32 Å². The molecule has 1 rings (SSSR count). The van der Waals surface area contributed by atoms with Crippen molar-refractivity contribution in [2.24, 2.45) is 11.8 Å². The van der Waals surface area contributed by atoms with Gasteiger partial charge in [-0.1, -0.05) is 50.9 Å². The summed E-state index contributed by atoms with van der Waals surface area (Å²) >= 11 is 5.94. The summed E-state index contributed by atoms with van der Waals surface area (Å²) in [7, 11) is 0. The SMILES string of the molecule is CCCNCC(CCC(C)C)Cc1ccc(Cl)cc1. The van der Waals surface area contributed by atoms with Crippen molar-refractivity contribution in [3.8, 4) is 0 Å². The zero-order valence-electron chi connectivity index (χ0n) is 12.6. The van der Waals surface area contributed by atoms with E-state index in [1.165, 1.54) is 24.8 Å². The van der Waals surface area contributed by atoms with Crippen molar-refractivity contribution in [2.45, 2.75) is 46.5 Å². The van der Waals surface area contributed by atoms with Crippen molar-refractivity contribution in [3.05, 3.63) is 34.9 Å². The van der Waals surface area contributed by atoms with E-state index >= 15 is 0 Å². The molecule has 1 nitrogen and oxygen atoms in total. The van der Waals surface area contributed by atoms with E-state index in [0.717, 1.165) is 36.4 Å². The molecule has 2 heteroatoms. The van der Waals surface area contributed by atoms with Crippen LogP contribution in [0, 0.1) is 11.8 Å². The highest BCUT2D eigenvalue weighted by Gasteiger charge is 2.10. The molecule has 0 heterocycles. The third-order valence-electron chi connectivity index (χ3n) is 3.45. The van der Waals surface area contributed by atoms with Gasteiger partial charge in [-0.2, -0.15) is 0 Å². The van der Waals surface area contributed by atoms with Crippen LogP contribution in [-0.4, -0.2) is 13.1 Å². The van der Waals surface area contributed by atoms with E-state index in [4.69, 9.17) is 11.6 Å². The van der Waals surface area contributed by atoms with Crippen LogP contribution in [0.25, 0.3) is 0 Å². The molecular weight excluding hydrogens is 254 g/mol. The third kappa shape index (κ3) is 7.59. The topological polar surface area (TPSA) is 12.0 Å². The molecule has 0 saturated carbocycles. The summed E-state index contributed by atoms with van der Waals surface area (Å²) in [5.74, 6) is 1.52. The smallest absolute Gasteiger partial charge is 0.0406 e. The minimum absolute atomic E-state index is 0.732. The van der Waals surface area contributed by atoms with Crippen molar-refractivity contribution < 1.29 is 0 Å². The van der Waals surface area contributed by atoms with Crippen LogP contribution in [0.3, 0.4) is 0 Å². The number of hydrogen-bond acceptors (Lipinski definition) is 1. The maximum absolute atomic E-state index is 5.94. The molecule has 0 saturated heterocycles. The van der Waals surface area contributed by atoms with Crippen LogP contribution < -0.4 is 5.32 Å². The maximum atomic E-state index is 5.94. The summed E-state index contributed by atoms with van der Waals surface area (Å²) < 4.78 is 0. The molecule has 1 N–H and O–H groups in total. The molecule has 1 atom stereocenters. The first-order chi connectivity index (χ1) is 9.11. The standard InChI is InChI=1S/C17H28ClN/c1-4-11-19-13-16(6-5-14(2)3)12-15-7-9-17(18)10-8-15/h7-10,14,16,19H,4-6,11-13H2,1-3H3. The molecule has 108 valence electrons. The molecule has 0 bridgehead atoms. The first-order valence-corrected chi connectivity index (χ1v) is 7.94. The number of hydrogen-bond donors (Lipinski definition) is 1. The highest BCUT2D eigenvalue weighted by Crippen LogP contribution is 2.18. The van der Waals surface area contributed by atoms with Crippen molar-refractivity contribution in [2.75, 3.05) is 13.1 Å². The van der Waals surface area contributed by atoms with Crippen LogP contribution in [0.1, 0.15) is 45.6 Å². The highest BCUT2D eigenvalue weighted by atomic mass is 35.5. The fourth-order valence-electron chi connectivity index (χ4n) is 2.28.